The Kier molecular flexibility index (Phi) is 6.82. The summed E-state index contributed by atoms with van der Waals surface area (Å²) in [5.41, 5.74) is 9.65. The van der Waals surface area contributed by atoms with E-state index >= 15 is 0 Å². The molecule has 1 saturated heterocycles. The van der Waals surface area contributed by atoms with Gasteiger partial charge in [0.1, 0.15) is 11.6 Å². The maximum Gasteiger partial charge on any atom is 0.244 e. The standard InChI is InChI=1S/C29H32N4O2/c1-20-4-6-21(7-5-20)17-33-16-2-3-22(18-33)19-35-25-12-8-24(9-13-25)29-31-26-14-10-23(28(30)34)11-15-27(26)32-29/h4-10,12-15,22H,2-3,11,16-19H2,1H3,(H2,30,34)(H,31,32). The van der Waals surface area contributed by atoms with E-state index in [1.54, 1.807) is 6.08 Å². The number of carbonyl (C=O) groups excluding carboxylic acids is 1. The van der Waals surface area contributed by atoms with Gasteiger partial charge in [-0.25, -0.2) is 4.98 Å². The van der Waals surface area contributed by atoms with Gasteiger partial charge in [-0.1, -0.05) is 42.0 Å². The Morgan fingerprint density at radius 3 is 2.71 bits per heavy atom. The van der Waals surface area contributed by atoms with Crippen LogP contribution in [0, 0.1) is 12.8 Å². The molecule has 2 aliphatic rings. The van der Waals surface area contributed by atoms with Crippen LogP contribution in [0.2, 0.25) is 0 Å². The number of piperidine rings is 1. The number of aromatic nitrogens is 2. The summed E-state index contributed by atoms with van der Waals surface area (Å²) in [6.45, 7) is 6.10. The first-order valence-electron chi connectivity index (χ1n) is 12.3. The minimum absolute atomic E-state index is 0.398. The van der Waals surface area contributed by atoms with Crippen LogP contribution in [0.25, 0.3) is 23.5 Å². The maximum atomic E-state index is 11.4. The van der Waals surface area contributed by atoms with Crippen LogP contribution in [0.4, 0.5) is 0 Å². The number of likely N-dealkylation sites (tertiary alicyclic amines) is 1. The summed E-state index contributed by atoms with van der Waals surface area (Å²) in [6.07, 6.45) is 8.46. The summed E-state index contributed by atoms with van der Waals surface area (Å²) in [4.78, 5) is 22.0. The minimum atomic E-state index is -0.398. The molecule has 0 spiro atoms. The molecule has 0 saturated carbocycles. The molecule has 3 aromatic rings. The minimum Gasteiger partial charge on any atom is -0.493 e. The van der Waals surface area contributed by atoms with Crippen LogP contribution in [0.1, 0.15) is 30.4 Å². The highest BCUT2D eigenvalue weighted by molar-refractivity contribution is 5.94. The quantitative estimate of drug-likeness (QED) is 0.558. The predicted molar refractivity (Wildman–Crippen MR) is 139 cm³/mol. The zero-order chi connectivity index (χ0) is 24.2. The average Bonchev–Trinajstić information content (AvgIpc) is 3.17. The van der Waals surface area contributed by atoms with Gasteiger partial charge in [-0.05, 0) is 68.6 Å². The summed E-state index contributed by atoms with van der Waals surface area (Å²) >= 11 is 0. The summed E-state index contributed by atoms with van der Waals surface area (Å²) in [5.74, 6) is 1.82. The third-order valence-electron chi connectivity index (χ3n) is 6.79. The van der Waals surface area contributed by atoms with Crippen molar-refractivity contribution in [2.24, 2.45) is 11.7 Å². The fraction of sp³-hybridized carbons (Fsp3) is 0.310. The highest BCUT2D eigenvalue weighted by atomic mass is 16.5. The number of nitrogens with one attached hydrogen (secondary N) is 1. The van der Waals surface area contributed by atoms with E-state index in [1.807, 2.05) is 36.4 Å². The molecular formula is C29H32N4O2. The smallest absolute Gasteiger partial charge is 0.244 e. The number of hydrogen-bond donors (Lipinski definition) is 2. The number of imidazole rings is 1. The van der Waals surface area contributed by atoms with Gasteiger partial charge in [-0.2, -0.15) is 0 Å². The zero-order valence-corrected chi connectivity index (χ0v) is 20.2. The second-order valence-corrected chi connectivity index (χ2v) is 9.58. The van der Waals surface area contributed by atoms with Crippen molar-refractivity contribution < 1.29 is 9.53 Å². The molecule has 180 valence electrons. The van der Waals surface area contributed by atoms with Gasteiger partial charge in [0.25, 0.3) is 0 Å². The number of H-pyrrole nitrogens is 1. The van der Waals surface area contributed by atoms with Crippen LogP contribution in [0.15, 0.2) is 60.2 Å². The zero-order valence-electron chi connectivity index (χ0n) is 20.2. The first-order valence-corrected chi connectivity index (χ1v) is 12.3. The van der Waals surface area contributed by atoms with Crippen LogP contribution in [-0.2, 0) is 11.3 Å². The lowest BCUT2D eigenvalue weighted by molar-refractivity contribution is -0.114. The number of fused-ring (bicyclic) bond motifs is 1. The Balaban J connectivity index is 1.18. The van der Waals surface area contributed by atoms with E-state index in [0.29, 0.717) is 17.9 Å². The van der Waals surface area contributed by atoms with E-state index in [4.69, 9.17) is 15.5 Å². The molecule has 2 heterocycles. The SMILES string of the molecule is Cc1ccc(CN2CCCC(COc3ccc(-c4nc5c([nH]4)=CC=C(C(N)=O)CC=5)cc3)C2)cc1. The van der Waals surface area contributed by atoms with E-state index in [9.17, 15) is 4.79 Å². The monoisotopic (exact) mass is 468 g/mol. The van der Waals surface area contributed by atoms with Gasteiger partial charge in [-0.3, -0.25) is 9.69 Å². The Morgan fingerprint density at radius 1 is 1.14 bits per heavy atom. The number of rotatable bonds is 7. The van der Waals surface area contributed by atoms with Crippen LogP contribution in [0.3, 0.4) is 0 Å². The van der Waals surface area contributed by atoms with Gasteiger partial charge in [-0.15, -0.1) is 0 Å². The van der Waals surface area contributed by atoms with Crippen LogP contribution < -0.4 is 21.2 Å². The molecule has 1 aliphatic heterocycles. The van der Waals surface area contributed by atoms with Crippen molar-refractivity contribution in [3.05, 3.63) is 82.0 Å². The summed E-state index contributed by atoms with van der Waals surface area (Å²) < 4.78 is 6.16. The highest BCUT2D eigenvalue weighted by Crippen LogP contribution is 2.22. The van der Waals surface area contributed by atoms with Crippen molar-refractivity contribution in [3.63, 3.8) is 0 Å². The lowest BCUT2D eigenvalue weighted by Crippen LogP contribution is -2.37. The number of primary amides is 1. The molecule has 1 aliphatic carbocycles. The molecular weight excluding hydrogens is 436 g/mol. The molecule has 0 radical (unpaired) electrons. The van der Waals surface area contributed by atoms with Crippen LogP contribution in [-0.4, -0.2) is 40.5 Å². The Bertz CT molecular complexity index is 1340. The number of aromatic amines is 1. The number of ether oxygens (including phenoxy) is 1. The lowest BCUT2D eigenvalue weighted by atomic mass is 9.98. The van der Waals surface area contributed by atoms with Crippen molar-refractivity contribution >= 4 is 18.1 Å². The number of benzene rings is 2. The van der Waals surface area contributed by atoms with Crippen molar-refractivity contribution in [2.75, 3.05) is 19.7 Å². The third kappa shape index (κ3) is 5.72. The third-order valence-corrected chi connectivity index (χ3v) is 6.79. The van der Waals surface area contributed by atoms with E-state index in [1.165, 1.54) is 24.0 Å². The van der Waals surface area contributed by atoms with Crippen molar-refractivity contribution in [2.45, 2.75) is 32.7 Å². The van der Waals surface area contributed by atoms with Crippen LogP contribution >= 0.6 is 0 Å². The average molecular weight is 469 g/mol. The molecule has 1 atom stereocenters. The number of aryl methyl sites for hydroxylation is 1. The van der Waals surface area contributed by atoms with Gasteiger partial charge in [0.05, 0.1) is 17.3 Å². The fourth-order valence-electron chi connectivity index (χ4n) is 4.77. The van der Waals surface area contributed by atoms with Crippen molar-refractivity contribution in [3.8, 4) is 17.1 Å². The van der Waals surface area contributed by atoms with Gasteiger partial charge < -0.3 is 15.5 Å². The number of nitrogens with zero attached hydrogens (tertiary/aromatic N) is 2. The van der Waals surface area contributed by atoms with E-state index in [2.05, 4.69) is 41.1 Å². The molecule has 1 unspecified atom stereocenters. The molecule has 1 amide bonds. The molecule has 6 heteroatoms. The molecule has 0 bridgehead atoms. The number of carbonyl (C=O) groups is 1. The number of amides is 1. The largest absolute Gasteiger partial charge is 0.493 e. The van der Waals surface area contributed by atoms with Gasteiger partial charge in [0, 0.05) is 30.1 Å². The first-order chi connectivity index (χ1) is 17.0. The molecule has 1 aromatic heterocycles. The van der Waals surface area contributed by atoms with Gasteiger partial charge in [0.15, 0.2) is 0 Å². The second kappa shape index (κ2) is 10.3. The second-order valence-electron chi connectivity index (χ2n) is 9.58. The van der Waals surface area contributed by atoms with E-state index < -0.39 is 5.91 Å². The number of allylic oxidation sites excluding steroid dienone is 1. The van der Waals surface area contributed by atoms with E-state index in [-0.39, 0.29) is 0 Å². The summed E-state index contributed by atoms with van der Waals surface area (Å²) in [7, 11) is 0. The summed E-state index contributed by atoms with van der Waals surface area (Å²) in [6, 6.07) is 16.9. The molecule has 5 rings (SSSR count). The normalized spacial score (nSPS) is 18.0. The van der Waals surface area contributed by atoms with Gasteiger partial charge >= 0.3 is 0 Å². The molecule has 35 heavy (non-hydrogen) atoms. The number of nitrogens with two attached hydrogens (primary N) is 1. The maximum absolute atomic E-state index is 11.4. The Morgan fingerprint density at radius 2 is 1.94 bits per heavy atom. The fourth-order valence-corrected chi connectivity index (χ4v) is 4.77. The molecule has 1 fully saturated rings. The van der Waals surface area contributed by atoms with Crippen molar-refractivity contribution in [1.29, 1.82) is 0 Å². The lowest BCUT2D eigenvalue weighted by Gasteiger charge is -2.32. The van der Waals surface area contributed by atoms with Crippen molar-refractivity contribution in [1.82, 2.24) is 14.9 Å². The Hall–Kier alpha value is -3.64. The van der Waals surface area contributed by atoms with Crippen LogP contribution in [0.5, 0.6) is 5.75 Å². The first kappa shape index (κ1) is 23.1. The van der Waals surface area contributed by atoms with E-state index in [0.717, 1.165) is 54.1 Å². The molecule has 6 nitrogen and oxygen atoms in total. The summed E-state index contributed by atoms with van der Waals surface area (Å²) in [5, 5.41) is 1.71. The Labute approximate surface area is 205 Å². The topological polar surface area (TPSA) is 84.2 Å². The predicted octanol–water partition coefficient (Wildman–Crippen LogP) is 3.05. The molecule has 2 aromatic carbocycles. The highest BCUT2D eigenvalue weighted by Gasteiger charge is 2.20. The molecule has 3 N–H and O–H groups in total. The number of hydrogen-bond acceptors (Lipinski definition) is 4. The van der Waals surface area contributed by atoms with Gasteiger partial charge in [0.2, 0.25) is 5.91 Å².